The number of rotatable bonds is 6. The lowest BCUT2D eigenvalue weighted by Gasteiger charge is -2.31. The Kier molecular flexibility index (Phi) is 6.58. The van der Waals surface area contributed by atoms with Gasteiger partial charge in [-0.2, -0.15) is 0 Å². The van der Waals surface area contributed by atoms with E-state index in [1.807, 2.05) is 0 Å². The highest BCUT2D eigenvalue weighted by Crippen LogP contribution is 2.18. The van der Waals surface area contributed by atoms with Gasteiger partial charge in [0, 0.05) is 24.0 Å². The average molecular weight is 341 g/mol. The summed E-state index contributed by atoms with van der Waals surface area (Å²) in [6.07, 6.45) is 4.48. The van der Waals surface area contributed by atoms with E-state index in [1.165, 1.54) is 6.26 Å². The third-order valence-electron chi connectivity index (χ3n) is 3.38. The molecule has 108 valence electrons. The highest BCUT2D eigenvalue weighted by atomic mass is 79.9. The van der Waals surface area contributed by atoms with Crippen LogP contribution in [-0.4, -0.2) is 49.5 Å². The van der Waals surface area contributed by atoms with Crippen molar-refractivity contribution in [3.05, 3.63) is 0 Å². The molecule has 1 heterocycles. The third-order valence-corrected chi connectivity index (χ3v) is 5.03. The first-order chi connectivity index (χ1) is 8.29. The maximum absolute atomic E-state index is 11.5. The van der Waals surface area contributed by atoms with Gasteiger partial charge in [0.1, 0.15) is 0 Å². The molecule has 4 nitrogen and oxygen atoms in total. The zero-order valence-corrected chi connectivity index (χ0v) is 13.9. The SMILES string of the molecule is CC(Br)CC(C)NCC1CCCN(S(C)(=O)=O)C1. The van der Waals surface area contributed by atoms with Gasteiger partial charge in [-0.15, -0.1) is 0 Å². The van der Waals surface area contributed by atoms with E-state index in [0.29, 0.717) is 29.9 Å². The zero-order chi connectivity index (χ0) is 13.8. The Morgan fingerprint density at radius 2 is 2.11 bits per heavy atom. The molecule has 0 aromatic carbocycles. The molecule has 0 bridgehead atoms. The van der Waals surface area contributed by atoms with E-state index in [4.69, 9.17) is 0 Å². The summed E-state index contributed by atoms with van der Waals surface area (Å²) in [4.78, 5) is 0.513. The van der Waals surface area contributed by atoms with Gasteiger partial charge in [-0.3, -0.25) is 0 Å². The van der Waals surface area contributed by atoms with E-state index in [2.05, 4.69) is 35.1 Å². The van der Waals surface area contributed by atoms with E-state index in [9.17, 15) is 8.42 Å². The van der Waals surface area contributed by atoms with Crippen LogP contribution < -0.4 is 5.32 Å². The first-order valence-electron chi connectivity index (χ1n) is 6.61. The Labute approximate surface area is 120 Å². The molecule has 1 fully saturated rings. The molecule has 1 rings (SSSR count). The van der Waals surface area contributed by atoms with Crippen LogP contribution in [0.1, 0.15) is 33.1 Å². The third kappa shape index (κ3) is 5.99. The topological polar surface area (TPSA) is 49.4 Å². The summed E-state index contributed by atoms with van der Waals surface area (Å²) in [5, 5.41) is 3.50. The van der Waals surface area contributed by atoms with Gasteiger partial charge in [-0.25, -0.2) is 12.7 Å². The van der Waals surface area contributed by atoms with Crippen LogP contribution in [0.4, 0.5) is 0 Å². The fourth-order valence-electron chi connectivity index (χ4n) is 2.43. The van der Waals surface area contributed by atoms with Crippen molar-refractivity contribution >= 4 is 26.0 Å². The van der Waals surface area contributed by atoms with E-state index < -0.39 is 10.0 Å². The molecule has 1 aliphatic heterocycles. The van der Waals surface area contributed by atoms with E-state index in [1.54, 1.807) is 4.31 Å². The molecule has 0 amide bonds. The molecular weight excluding hydrogens is 316 g/mol. The summed E-state index contributed by atoms with van der Waals surface area (Å²) >= 11 is 3.55. The van der Waals surface area contributed by atoms with Gasteiger partial charge in [0.05, 0.1) is 6.26 Å². The zero-order valence-electron chi connectivity index (χ0n) is 11.5. The highest BCUT2D eigenvalue weighted by Gasteiger charge is 2.25. The lowest BCUT2D eigenvalue weighted by atomic mass is 9.99. The van der Waals surface area contributed by atoms with Crippen LogP contribution in [0.25, 0.3) is 0 Å². The Hall–Kier alpha value is 0.350. The van der Waals surface area contributed by atoms with Gasteiger partial charge in [-0.05, 0) is 38.6 Å². The number of hydrogen-bond donors (Lipinski definition) is 1. The first-order valence-corrected chi connectivity index (χ1v) is 9.38. The molecule has 1 aliphatic rings. The van der Waals surface area contributed by atoms with Gasteiger partial charge >= 0.3 is 0 Å². The Balaban J connectivity index is 2.35. The molecule has 0 radical (unpaired) electrons. The fourth-order valence-corrected chi connectivity index (χ4v) is 3.94. The van der Waals surface area contributed by atoms with E-state index in [0.717, 1.165) is 25.8 Å². The van der Waals surface area contributed by atoms with E-state index >= 15 is 0 Å². The maximum atomic E-state index is 11.5. The maximum Gasteiger partial charge on any atom is 0.211 e. The molecule has 18 heavy (non-hydrogen) atoms. The lowest BCUT2D eigenvalue weighted by Crippen LogP contribution is -2.43. The lowest BCUT2D eigenvalue weighted by molar-refractivity contribution is 0.255. The van der Waals surface area contributed by atoms with Crippen molar-refractivity contribution in [2.75, 3.05) is 25.9 Å². The largest absolute Gasteiger partial charge is 0.314 e. The summed E-state index contributed by atoms with van der Waals surface area (Å²) < 4.78 is 24.6. The van der Waals surface area contributed by atoms with Crippen molar-refractivity contribution in [1.29, 1.82) is 0 Å². The number of alkyl halides is 1. The quantitative estimate of drug-likeness (QED) is 0.750. The first kappa shape index (κ1) is 16.4. The van der Waals surface area contributed by atoms with Crippen LogP contribution >= 0.6 is 15.9 Å². The van der Waals surface area contributed by atoms with Crippen molar-refractivity contribution in [2.24, 2.45) is 5.92 Å². The molecule has 0 aromatic rings. The van der Waals surface area contributed by atoms with Gasteiger partial charge in [-0.1, -0.05) is 22.9 Å². The molecule has 0 saturated carbocycles. The predicted octanol–water partition coefficient (Wildman–Crippen LogP) is 1.81. The molecule has 0 aliphatic carbocycles. The second-order valence-electron chi connectivity index (χ2n) is 5.46. The van der Waals surface area contributed by atoms with Gasteiger partial charge < -0.3 is 5.32 Å². The van der Waals surface area contributed by atoms with Gasteiger partial charge in [0.15, 0.2) is 0 Å². The van der Waals surface area contributed by atoms with Gasteiger partial charge in [0.2, 0.25) is 10.0 Å². The minimum absolute atomic E-state index is 0.446. The number of nitrogens with one attached hydrogen (secondary N) is 1. The minimum atomic E-state index is -3.02. The minimum Gasteiger partial charge on any atom is -0.314 e. The van der Waals surface area contributed by atoms with Crippen LogP contribution in [-0.2, 0) is 10.0 Å². The number of piperidine rings is 1. The van der Waals surface area contributed by atoms with Crippen LogP contribution in [0.3, 0.4) is 0 Å². The Morgan fingerprint density at radius 3 is 2.67 bits per heavy atom. The molecule has 1 N–H and O–H groups in total. The second-order valence-corrected chi connectivity index (χ2v) is 9.00. The molecular formula is C12H25BrN2O2S. The smallest absolute Gasteiger partial charge is 0.211 e. The van der Waals surface area contributed by atoms with Crippen molar-refractivity contribution in [3.63, 3.8) is 0 Å². The van der Waals surface area contributed by atoms with Crippen LogP contribution in [0.2, 0.25) is 0 Å². The molecule has 6 heteroatoms. The summed E-state index contributed by atoms with van der Waals surface area (Å²) in [6, 6.07) is 0.466. The number of nitrogens with zero attached hydrogens (tertiary/aromatic N) is 1. The summed E-state index contributed by atoms with van der Waals surface area (Å²) in [5.74, 6) is 0.446. The molecule has 3 unspecified atom stereocenters. The van der Waals surface area contributed by atoms with Gasteiger partial charge in [0.25, 0.3) is 0 Å². The summed E-state index contributed by atoms with van der Waals surface area (Å²) in [5.41, 5.74) is 0. The van der Waals surface area contributed by atoms with Crippen molar-refractivity contribution in [1.82, 2.24) is 9.62 Å². The normalized spacial score (nSPS) is 25.9. The number of halogens is 1. The highest BCUT2D eigenvalue weighted by molar-refractivity contribution is 9.09. The van der Waals surface area contributed by atoms with Crippen LogP contribution in [0, 0.1) is 5.92 Å². The number of sulfonamides is 1. The molecule has 1 saturated heterocycles. The second kappa shape index (κ2) is 7.22. The van der Waals surface area contributed by atoms with Crippen LogP contribution in [0.15, 0.2) is 0 Å². The van der Waals surface area contributed by atoms with Crippen molar-refractivity contribution < 1.29 is 8.42 Å². The number of hydrogen-bond acceptors (Lipinski definition) is 3. The standard InChI is InChI=1S/C12H25BrN2O2S/c1-10(13)7-11(2)14-8-12-5-4-6-15(9-12)18(3,16)17/h10-12,14H,4-9H2,1-3H3. The molecule has 0 spiro atoms. The molecule has 3 atom stereocenters. The van der Waals surface area contributed by atoms with Crippen LogP contribution in [0.5, 0.6) is 0 Å². The van der Waals surface area contributed by atoms with E-state index in [-0.39, 0.29) is 0 Å². The molecule has 0 aromatic heterocycles. The van der Waals surface area contributed by atoms with Crippen molar-refractivity contribution in [3.8, 4) is 0 Å². The monoisotopic (exact) mass is 340 g/mol. The Bertz CT molecular complexity index is 346. The fraction of sp³-hybridized carbons (Fsp3) is 1.00. The van der Waals surface area contributed by atoms with Crippen molar-refractivity contribution in [2.45, 2.75) is 44.0 Å². The summed E-state index contributed by atoms with van der Waals surface area (Å²) in [6.45, 7) is 6.58. The predicted molar refractivity (Wildman–Crippen MR) is 79.6 cm³/mol. The summed E-state index contributed by atoms with van der Waals surface area (Å²) in [7, 11) is -3.02. The average Bonchev–Trinajstić information content (AvgIpc) is 2.25. The Morgan fingerprint density at radius 1 is 1.44 bits per heavy atom.